The molecule has 2 aromatic carbocycles. The van der Waals surface area contributed by atoms with Crippen molar-refractivity contribution >= 4 is 10.0 Å². The summed E-state index contributed by atoms with van der Waals surface area (Å²) >= 11 is 0. The fourth-order valence-corrected chi connectivity index (χ4v) is 3.20. The third-order valence-corrected chi connectivity index (χ3v) is 4.58. The Morgan fingerprint density at radius 3 is 2.00 bits per heavy atom. The van der Waals surface area contributed by atoms with Gasteiger partial charge in [0.1, 0.15) is 0 Å². The smallest absolute Gasteiger partial charge is 0.240 e. The van der Waals surface area contributed by atoms with Gasteiger partial charge >= 0.3 is 0 Å². The first kappa shape index (κ1) is 15.7. The van der Waals surface area contributed by atoms with Crippen LogP contribution >= 0.6 is 0 Å². The number of rotatable bonds is 6. The van der Waals surface area contributed by atoms with Crippen molar-refractivity contribution in [3.05, 3.63) is 66.2 Å². The molecule has 5 nitrogen and oxygen atoms in total. The number of hydrogen-bond acceptors (Lipinski definition) is 4. The van der Waals surface area contributed by atoms with Crippen LogP contribution in [-0.4, -0.2) is 31.3 Å². The van der Waals surface area contributed by atoms with Crippen molar-refractivity contribution in [3.63, 3.8) is 0 Å². The van der Waals surface area contributed by atoms with Crippen LogP contribution in [0.5, 0.6) is 0 Å². The van der Waals surface area contributed by atoms with Gasteiger partial charge < -0.3 is 10.2 Å². The highest BCUT2D eigenvalue weighted by Crippen LogP contribution is 2.18. The number of benzene rings is 2. The molecule has 2 aromatic rings. The fourth-order valence-electron chi connectivity index (χ4n) is 1.95. The highest BCUT2D eigenvalue weighted by Gasteiger charge is 2.26. The van der Waals surface area contributed by atoms with Gasteiger partial charge in [-0.2, -0.15) is 0 Å². The Bertz CT molecular complexity index is 659. The van der Waals surface area contributed by atoms with Gasteiger partial charge in [-0.1, -0.05) is 48.5 Å². The molecule has 21 heavy (non-hydrogen) atoms. The number of aliphatic hydroxyl groups is 2. The van der Waals surface area contributed by atoms with Gasteiger partial charge in [-0.3, -0.25) is 0 Å². The van der Waals surface area contributed by atoms with Gasteiger partial charge in [0.15, 0.2) is 0 Å². The molecule has 0 bridgehead atoms. The molecule has 0 aromatic heterocycles. The quantitative estimate of drug-likeness (QED) is 0.745. The molecule has 0 spiro atoms. The second-order valence-corrected chi connectivity index (χ2v) is 6.29. The zero-order valence-electron chi connectivity index (χ0n) is 11.3. The van der Waals surface area contributed by atoms with Gasteiger partial charge in [-0.25, -0.2) is 13.1 Å². The molecule has 0 aliphatic rings. The van der Waals surface area contributed by atoms with Crippen molar-refractivity contribution in [1.29, 1.82) is 0 Å². The number of nitrogens with one attached hydrogen (secondary N) is 1. The molecule has 0 aliphatic carbocycles. The van der Waals surface area contributed by atoms with Crippen LogP contribution in [0.25, 0.3) is 0 Å². The average Bonchev–Trinajstić information content (AvgIpc) is 2.53. The summed E-state index contributed by atoms with van der Waals surface area (Å²) in [4.78, 5) is 0.0868. The van der Waals surface area contributed by atoms with Crippen LogP contribution < -0.4 is 4.72 Å². The molecular formula is C15H17NO4S. The minimum atomic E-state index is -3.79. The van der Waals surface area contributed by atoms with Gasteiger partial charge in [0.2, 0.25) is 10.0 Å². The number of sulfonamides is 1. The van der Waals surface area contributed by atoms with Crippen molar-refractivity contribution in [2.75, 3.05) is 6.61 Å². The van der Waals surface area contributed by atoms with Gasteiger partial charge in [-0.05, 0) is 17.7 Å². The summed E-state index contributed by atoms with van der Waals surface area (Å²) in [5, 5.41) is 19.6. The molecule has 6 heteroatoms. The van der Waals surface area contributed by atoms with Crippen LogP contribution in [0.4, 0.5) is 0 Å². The standard InChI is InChI=1S/C15H17NO4S/c17-11-14(15(18)12-7-3-1-4-8-12)16-21(19,20)13-9-5-2-6-10-13/h1-10,14-18H,11H2/t14-,15+/m1/s1. The average molecular weight is 307 g/mol. The zero-order chi connectivity index (χ0) is 15.3. The van der Waals surface area contributed by atoms with E-state index < -0.39 is 28.8 Å². The molecule has 0 fully saturated rings. The van der Waals surface area contributed by atoms with Gasteiger partial charge in [0.05, 0.1) is 23.6 Å². The Morgan fingerprint density at radius 2 is 1.48 bits per heavy atom. The highest BCUT2D eigenvalue weighted by atomic mass is 32.2. The van der Waals surface area contributed by atoms with Gasteiger partial charge in [-0.15, -0.1) is 0 Å². The lowest BCUT2D eigenvalue weighted by atomic mass is 10.0. The minimum Gasteiger partial charge on any atom is -0.395 e. The maximum atomic E-state index is 12.2. The maximum absolute atomic E-state index is 12.2. The third kappa shape index (κ3) is 3.89. The van der Waals surface area contributed by atoms with E-state index >= 15 is 0 Å². The third-order valence-electron chi connectivity index (χ3n) is 3.08. The summed E-state index contributed by atoms with van der Waals surface area (Å²) < 4.78 is 26.7. The molecule has 0 saturated heterocycles. The Morgan fingerprint density at radius 1 is 0.952 bits per heavy atom. The van der Waals surface area contributed by atoms with Crippen molar-refractivity contribution in [2.45, 2.75) is 17.0 Å². The molecule has 0 aliphatic heterocycles. The highest BCUT2D eigenvalue weighted by molar-refractivity contribution is 7.89. The van der Waals surface area contributed by atoms with E-state index in [2.05, 4.69) is 4.72 Å². The largest absolute Gasteiger partial charge is 0.395 e. The van der Waals surface area contributed by atoms with Crippen LogP contribution in [0.2, 0.25) is 0 Å². The predicted molar refractivity (Wildman–Crippen MR) is 79.0 cm³/mol. The van der Waals surface area contributed by atoms with Crippen molar-refractivity contribution in [3.8, 4) is 0 Å². The lowest BCUT2D eigenvalue weighted by Gasteiger charge is -2.22. The summed E-state index contributed by atoms with van der Waals surface area (Å²) in [6.07, 6.45) is -1.13. The Hall–Kier alpha value is -1.73. The van der Waals surface area contributed by atoms with Crippen molar-refractivity contribution < 1.29 is 18.6 Å². The first-order valence-corrected chi connectivity index (χ1v) is 7.94. The Kier molecular flexibility index (Phi) is 5.08. The minimum absolute atomic E-state index is 0.0868. The first-order chi connectivity index (χ1) is 10.0. The zero-order valence-corrected chi connectivity index (χ0v) is 12.1. The second-order valence-electron chi connectivity index (χ2n) is 4.58. The summed E-state index contributed by atoms with van der Waals surface area (Å²) in [5.74, 6) is 0. The lowest BCUT2D eigenvalue weighted by Crippen LogP contribution is -2.41. The first-order valence-electron chi connectivity index (χ1n) is 6.46. The van der Waals surface area contributed by atoms with E-state index in [-0.39, 0.29) is 4.90 Å². The molecule has 0 unspecified atom stereocenters. The SMILES string of the molecule is O=S(=O)(N[C@H](CO)[C@@H](O)c1ccccc1)c1ccccc1. The number of hydrogen-bond donors (Lipinski definition) is 3. The molecular weight excluding hydrogens is 290 g/mol. The summed E-state index contributed by atoms with van der Waals surface area (Å²) in [6, 6.07) is 15.4. The fraction of sp³-hybridized carbons (Fsp3) is 0.200. The summed E-state index contributed by atoms with van der Waals surface area (Å²) in [7, 11) is -3.79. The predicted octanol–water partition coefficient (Wildman–Crippen LogP) is 1.06. The van der Waals surface area contributed by atoms with E-state index in [1.807, 2.05) is 0 Å². The van der Waals surface area contributed by atoms with Gasteiger partial charge in [0.25, 0.3) is 0 Å². The molecule has 2 atom stereocenters. The van der Waals surface area contributed by atoms with Crippen LogP contribution in [-0.2, 0) is 10.0 Å². The lowest BCUT2D eigenvalue weighted by molar-refractivity contribution is 0.101. The van der Waals surface area contributed by atoms with E-state index in [1.54, 1.807) is 48.5 Å². The maximum Gasteiger partial charge on any atom is 0.240 e. The Labute approximate surface area is 123 Å². The van der Waals surface area contributed by atoms with Crippen molar-refractivity contribution in [1.82, 2.24) is 4.72 Å². The van der Waals surface area contributed by atoms with Gasteiger partial charge in [0, 0.05) is 0 Å². The molecule has 0 saturated carbocycles. The molecule has 3 N–H and O–H groups in total. The second kappa shape index (κ2) is 6.82. The van der Waals surface area contributed by atoms with E-state index in [4.69, 9.17) is 0 Å². The molecule has 0 radical (unpaired) electrons. The van der Waals surface area contributed by atoms with Crippen LogP contribution in [0.3, 0.4) is 0 Å². The van der Waals surface area contributed by atoms with E-state index in [0.29, 0.717) is 5.56 Å². The molecule has 112 valence electrons. The number of aliphatic hydroxyl groups excluding tert-OH is 2. The molecule has 0 heterocycles. The van der Waals surface area contributed by atoms with Crippen LogP contribution in [0.15, 0.2) is 65.6 Å². The topological polar surface area (TPSA) is 86.6 Å². The molecule has 2 rings (SSSR count). The van der Waals surface area contributed by atoms with E-state index in [1.165, 1.54) is 12.1 Å². The normalized spacial score (nSPS) is 14.6. The van der Waals surface area contributed by atoms with Crippen LogP contribution in [0, 0.1) is 0 Å². The molecule has 0 amide bonds. The monoisotopic (exact) mass is 307 g/mol. The summed E-state index contributed by atoms with van der Waals surface area (Å²) in [5.41, 5.74) is 0.535. The Balaban J connectivity index is 2.20. The van der Waals surface area contributed by atoms with Crippen molar-refractivity contribution in [2.24, 2.45) is 0 Å². The van der Waals surface area contributed by atoms with E-state index in [0.717, 1.165) is 0 Å². The van der Waals surface area contributed by atoms with E-state index in [9.17, 15) is 18.6 Å². The summed E-state index contributed by atoms with van der Waals surface area (Å²) in [6.45, 7) is -0.512. The van der Waals surface area contributed by atoms with Crippen LogP contribution in [0.1, 0.15) is 11.7 Å².